The molecule has 0 radical (unpaired) electrons. The van der Waals surface area contributed by atoms with Crippen LogP contribution in [-0.4, -0.2) is 17.2 Å². The van der Waals surface area contributed by atoms with E-state index in [1.807, 2.05) is 24.3 Å². The van der Waals surface area contributed by atoms with Gasteiger partial charge in [0, 0.05) is 27.2 Å². The quantitative estimate of drug-likeness (QED) is 0.469. The lowest BCUT2D eigenvalue weighted by Crippen LogP contribution is -2.24. The SMILES string of the molecule is O=C(NN=Cc1c(Cl)[nH]c2ccccc12)Nc1cccc(Cl)c1. The number of urea groups is 1. The summed E-state index contributed by atoms with van der Waals surface area (Å²) in [5.41, 5.74) is 4.58. The fraction of sp³-hybridized carbons (Fsp3) is 0. The van der Waals surface area contributed by atoms with Gasteiger partial charge in [-0.25, -0.2) is 10.2 Å². The Labute approximate surface area is 142 Å². The topological polar surface area (TPSA) is 69.3 Å². The van der Waals surface area contributed by atoms with Gasteiger partial charge in [0.25, 0.3) is 0 Å². The summed E-state index contributed by atoms with van der Waals surface area (Å²) in [5.74, 6) is 0. The summed E-state index contributed by atoms with van der Waals surface area (Å²) in [6, 6.07) is 14.0. The van der Waals surface area contributed by atoms with Crippen LogP contribution in [0.3, 0.4) is 0 Å². The molecule has 3 N–H and O–H groups in total. The highest BCUT2D eigenvalue weighted by Gasteiger charge is 2.07. The van der Waals surface area contributed by atoms with Gasteiger partial charge in [-0.2, -0.15) is 5.10 Å². The number of hydrogen-bond donors (Lipinski definition) is 3. The number of carbonyl (C=O) groups is 1. The first kappa shape index (κ1) is 15.4. The molecule has 3 rings (SSSR count). The van der Waals surface area contributed by atoms with E-state index in [1.54, 1.807) is 24.3 Å². The summed E-state index contributed by atoms with van der Waals surface area (Å²) < 4.78 is 0. The van der Waals surface area contributed by atoms with Crippen LogP contribution in [-0.2, 0) is 0 Å². The van der Waals surface area contributed by atoms with Crippen LogP contribution in [0.1, 0.15) is 5.56 Å². The Morgan fingerprint density at radius 1 is 1.13 bits per heavy atom. The largest absolute Gasteiger partial charge is 0.345 e. The Balaban J connectivity index is 1.68. The smallest absolute Gasteiger partial charge is 0.339 e. The number of hydrazone groups is 1. The van der Waals surface area contributed by atoms with Crippen molar-refractivity contribution in [2.75, 3.05) is 5.32 Å². The molecule has 0 bridgehead atoms. The van der Waals surface area contributed by atoms with Gasteiger partial charge < -0.3 is 10.3 Å². The van der Waals surface area contributed by atoms with E-state index in [-0.39, 0.29) is 0 Å². The number of carbonyl (C=O) groups excluding carboxylic acids is 1. The molecule has 3 aromatic rings. The van der Waals surface area contributed by atoms with Crippen LogP contribution in [0, 0.1) is 0 Å². The van der Waals surface area contributed by atoms with Crippen molar-refractivity contribution in [1.29, 1.82) is 0 Å². The fourth-order valence-corrected chi connectivity index (χ4v) is 2.58. The van der Waals surface area contributed by atoms with Crippen molar-refractivity contribution in [3.8, 4) is 0 Å². The highest BCUT2D eigenvalue weighted by Crippen LogP contribution is 2.24. The summed E-state index contributed by atoms with van der Waals surface area (Å²) in [5, 5.41) is 8.48. The number of anilines is 1. The Morgan fingerprint density at radius 2 is 1.96 bits per heavy atom. The van der Waals surface area contributed by atoms with Gasteiger partial charge in [0.1, 0.15) is 5.15 Å². The predicted octanol–water partition coefficient (Wildman–Crippen LogP) is 4.63. The number of fused-ring (bicyclic) bond motifs is 1. The zero-order chi connectivity index (χ0) is 16.2. The highest BCUT2D eigenvalue weighted by atomic mass is 35.5. The van der Waals surface area contributed by atoms with Gasteiger partial charge in [-0.1, -0.05) is 47.5 Å². The molecule has 0 aliphatic heterocycles. The number of halogens is 2. The van der Waals surface area contributed by atoms with E-state index in [2.05, 4.69) is 20.8 Å². The third-order valence-electron chi connectivity index (χ3n) is 3.14. The number of nitrogens with one attached hydrogen (secondary N) is 3. The number of rotatable bonds is 3. The van der Waals surface area contributed by atoms with Crippen molar-refractivity contribution in [2.45, 2.75) is 0 Å². The van der Waals surface area contributed by atoms with Crippen LogP contribution in [0.4, 0.5) is 10.5 Å². The monoisotopic (exact) mass is 346 g/mol. The number of hydrogen-bond acceptors (Lipinski definition) is 2. The zero-order valence-electron chi connectivity index (χ0n) is 11.8. The van der Waals surface area contributed by atoms with Crippen molar-refractivity contribution in [1.82, 2.24) is 10.4 Å². The summed E-state index contributed by atoms with van der Waals surface area (Å²) in [6.07, 6.45) is 1.50. The van der Waals surface area contributed by atoms with Crippen LogP contribution in [0.25, 0.3) is 10.9 Å². The first-order chi connectivity index (χ1) is 11.1. The molecule has 0 unspecified atom stereocenters. The van der Waals surface area contributed by atoms with Crippen LogP contribution in [0.5, 0.6) is 0 Å². The van der Waals surface area contributed by atoms with Crippen LogP contribution >= 0.6 is 23.2 Å². The minimum atomic E-state index is -0.473. The van der Waals surface area contributed by atoms with E-state index in [0.717, 1.165) is 10.9 Å². The lowest BCUT2D eigenvalue weighted by atomic mass is 10.2. The number of H-pyrrole nitrogens is 1. The van der Waals surface area contributed by atoms with Crippen LogP contribution < -0.4 is 10.7 Å². The number of amides is 2. The molecule has 116 valence electrons. The number of para-hydroxylation sites is 1. The molecular weight excluding hydrogens is 335 g/mol. The highest BCUT2D eigenvalue weighted by molar-refractivity contribution is 6.34. The average Bonchev–Trinajstić information content (AvgIpc) is 2.83. The van der Waals surface area contributed by atoms with E-state index in [9.17, 15) is 4.79 Å². The normalized spacial score (nSPS) is 11.0. The van der Waals surface area contributed by atoms with Gasteiger partial charge in [-0.3, -0.25) is 0 Å². The summed E-state index contributed by atoms with van der Waals surface area (Å²) in [6.45, 7) is 0. The van der Waals surface area contributed by atoms with Crippen LogP contribution in [0.15, 0.2) is 53.6 Å². The van der Waals surface area contributed by atoms with Gasteiger partial charge in [-0.05, 0) is 24.3 Å². The second-order valence-corrected chi connectivity index (χ2v) is 5.55. The maximum absolute atomic E-state index is 11.8. The minimum absolute atomic E-state index is 0.465. The van der Waals surface area contributed by atoms with E-state index in [4.69, 9.17) is 23.2 Å². The maximum atomic E-state index is 11.8. The third kappa shape index (κ3) is 3.64. The average molecular weight is 347 g/mol. The predicted molar refractivity (Wildman–Crippen MR) is 94.5 cm³/mol. The molecule has 0 fully saturated rings. The molecule has 23 heavy (non-hydrogen) atoms. The molecule has 0 aliphatic rings. The Hall–Kier alpha value is -2.50. The molecule has 5 nitrogen and oxygen atoms in total. The van der Waals surface area contributed by atoms with Crippen molar-refractivity contribution in [3.05, 3.63) is 64.3 Å². The lowest BCUT2D eigenvalue weighted by molar-refractivity contribution is 0.252. The molecule has 1 aromatic heterocycles. The maximum Gasteiger partial charge on any atom is 0.339 e. The molecular formula is C16H12Cl2N4O. The fourth-order valence-electron chi connectivity index (χ4n) is 2.14. The zero-order valence-corrected chi connectivity index (χ0v) is 13.3. The van der Waals surface area contributed by atoms with Gasteiger partial charge in [0.05, 0.1) is 6.21 Å². The van der Waals surface area contributed by atoms with Crippen LogP contribution in [0.2, 0.25) is 10.2 Å². The molecule has 2 amide bonds. The third-order valence-corrected chi connectivity index (χ3v) is 3.67. The number of aromatic nitrogens is 1. The second-order valence-electron chi connectivity index (χ2n) is 4.73. The molecule has 7 heteroatoms. The van der Waals surface area contributed by atoms with Crippen molar-refractivity contribution in [3.63, 3.8) is 0 Å². The van der Waals surface area contributed by atoms with Gasteiger partial charge >= 0.3 is 6.03 Å². The first-order valence-electron chi connectivity index (χ1n) is 6.75. The lowest BCUT2D eigenvalue weighted by Gasteiger charge is -2.04. The van der Waals surface area contributed by atoms with Crippen molar-refractivity contribution in [2.24, 2.45) is 5.10 Å². The number of nitrogens with zero attached hydrogens (tertiary/aromatic N) is 1. The standard InChI is InChI=1S/C16H12Cl2N4O/c17-10-4-3-5-11(8-10)20-16(23)22-19-9-13-12-6-1-2-7-14(12)21-15(13)18/h1-9,21H,(H2,20,22,23). The van der Waals surface area contributed by atoms with E-state index in [0.29, 0.717) is 21.4 Å². The summed E-state index contributed by atoms with van der Waals surface area (Å²) in [7, 11) is 0. The molecule has 0 aliphatic carbocycles. The molecule has 0 atom stereocenters. The molecule has 2 aromatic carbocycles. The molecule has 0 saturated carbocycles. The summed E-state index contributed by atoms with van der Waals surface area (Å²) in [4.78, 5) is 14.8. The molecule has 0 spiro atoms. The minimum Gasteiger partial charge on any atom is -0.345 e. The van der Waals surface area contributed by atoms with Crippen molar-refractivity contribution >= 4 is 52.0 Å². The Kier molecular flexibility index (Phi) is 4.50. The van der Waals surface area contributed by atoms with E-state index < -0.39 is 6.03 Å². The van der Waals surface area contributed by atoms with E-state index >= 15 is 0 Å². The van der Waals surface area contributed by atoms with Crippen molar-refractivity contribution < 1.29 is 4.79 Å². The molecule has 1 heterocycles. The van der Waals surface area contributed by atoms with E-state index in [1.165, 1.54) is 6.21 Å². The first-order valence-corrected chi connectivity index (χ1v) is 7.51. The van der Waals surface area contributed by atoms with Gasteiger partial charge in [-0.15, -0.1) is 0 Å². The summed E-state index contributed by atoms with van der Waals surface area (Å²) >= 11 is 12.0. The van der Waals surface area contributed by atoms with Gasteiger partial charge in [0.2, 0.25) is 0 Å². The molecule has 0 saturated heterocycles. The Bertz CT molecular complexity index is 889. The van der Waals surface area contributed by atoms with Gasteiger partial charge in [0.15, 0.2) is 0 Å². The number of benzene rings is 2. The number of aromatic amines is 1. The second kappa shape index (κ2) is 6.73. The Morgan fingerprint density at radius 3 is 2.78 bits per heavy atom.